The maximum absolute atomic E-state index is 6.16. The second-order valence-corrected chi connectivity index (χ2v) is 6.86. The van der Waals surface area contributed by atoms with Gasteiger partial charge in [0, 0.05) is 38.1 Å². The molecule has 21 heavy (non-hydrogen) atoms. The summed E-state index contributed by atoms with van der Waals surface area (Å²) in [7, 11) is 0. The molecular formula is C18H26N2O. The van der Waals surface area contributed by atoms with Crippen molar-refractivity contribution >= 4 is 0 Å². The smallest absolute Gasteiger partial charge is 0.123 e. The SMILES string of the molecule is CCC1CN2CCCC2CN1CC1Cc2ccccc2O1. The first kappa shape index (κ1) is 13.6. The number of hydrogen-bond acceptors (Lipinski definition) is 3. The molecule has 0 amide bonds. The van der Waals surface area contributed by atoms with E-state index in [1.165, 1.54) is 44.5 Å². The van der Waals surface area contributed by atoms with Gasteiger partial charge in [0.05, 0.1) is 0 Å². The van der Waals surface area contributed by atoms with Gasteiger partial charge in [-0.15, -0.1) is 0 Å². The quantitative estimate of drug-likeness (QED) is 0.849. The van der Waals surface area contributed by atoms with Gasteiger partial charge in [0.2, 0.25) is 0 Å². The first-order valence-corrected chi connectivity index (χ1v) is 8.56. The Balaban J connectivity index is 1.42. The van der Waals surface area contributed by atoms with Crippen LogP contribution >= 0.6 is 0 Å². The lowest BCUT2D eigenvalue weighted by Gasteiger charge is -2.44. The Kier molecular flexibility index (Phi) is 3.64. The second kappa shape index (κ2) is 5.62. The number of para-hydroxylation sites is 1. The first-order valence-electron chi connectivity index (χ1n) is 8.56. The highest BCUT2D eigenvalue weighted by Crippen LogP contribution is 2.31. The van der Waals surface area contributed by atoms with Crippen molar-refractivity contribution in [3.8, 4) is 5.75 Å². The minimum Gasteiger partial charge on any atom is -0.488 e. The molecule has 0 spiro atoms. The third-order valence-electron chi connectivity index (χ3n) is 5.53. The van der Waals surface area contributed by atoms with Crippen LogP contribution in [0.2, 0.25) is 0 Å². The molecule has 3 heterocycles. The second-order valence-electron chi connectivity index (χ2n) is 6.86. The summed E-state index contributed by atoms with van der Waals surface area (Å²) in [6.07, 6.45) is 5.46. The molecule has 1 aromatic rings. The summed E-state index contributed by atoms with van der Waals surface area (Å²) in [5, 5.41) is 0. The van der Waals surface area contributed by atoms with E-state index < -0.39 is 0 Å². The van der Waals surface area contributed by atoms with Gasteiger partial charge in [0.15, 0.2) is 0 Å². The zero-order valence-electron chi connectivity index (χ0n) is 13.0. The summed E-state index contributed by atoms with van der Waals surface area (Å²) in [6.45, 7) is 7.26. The summed E-state index contributed by atoms with van der Waals surface area (Å²) >= 11 is 0. The third kappa shape index (κ3) is 2.58. The Labute approximate surface area is 127 Å². The van der Waals surface area contributed by atoms with Gasteiger partial charge >= 0.3 is 0 Å². The predicted molar refractivity (Wildman–Crippen MR) is 84.8 cm³/mol. The van der Waals surface area contributed by atoms with Crippen LogP contribution in [0.1, 0.15) is 31.7 Å². The van der Waals surface area contributed by atoms with E-state index in [0.29, 0.717) is 12.1 Å². The number of fused-ring (bicyclic) bond motifs is 2. The molecule has 3 aliphatic heterocycles. The van der Waals surface area contributed by atoms with Crippen LogP contribution in [0.25, 0.3) is 0 Å². The molecule has 0 bridgehead atoms. The fourth-order valence-electron chi connectivity index (χ4n) is 4.38. The van der Waals surface area contributed by atoms with Crippen LogP contribution in [0.15, 0.2) is 24.3 Å². The van der Waals surface area contributed by atoms with Crippen molar-refractivity contribution in [1.82, 2.24) is 9.80 Å². The van der Waals surface area contributed by atoms with E-state index in [9.17, 15) is 0 Å². The molecule has 2 fully saturated rings. The molecule has 0 radical (unpaired) electrons. The van der Waals surface area contributed by atoms with Crippen LogP contribution in [-0.4, -0.2) is 54.2 Å². The normalized spacial score (nSPS) is 32.7. The summed E-state index contributed by atoms with van der Waals surface area (Å²) in [5.74, 6) is 1.11. The molecule has 3 heteroatoms. The number of piperazine rings is 1. The van der Waals surface area contributed by atoms with E-state index in [1.54, 1.807) is 0 Å². The standard InChI is InChI=1S/C18H26N2O/c1-2-15-11-19-9-5-7-16(19)12-20(15)13-17-10-14-6-3-4-8-18(14)21-17/h3-4,6,8,15-17H,2,5,7,9-13H2,1H3. The summed E-state index contributed by atoms with van der Waals surface area (Å²) in [5.41, 5.74) is 1.38. The molecule has 3 aliphatic rings. The largest absolute Gasteiger partial charge is 0.488 e. The molecule has 0 saturated carbocycles. The Hall–Kier alpha value is -1.06. The Morgan fingerprint density at radius 1 is 1.24 bits per heavy atom. The molecular weight excluding hydrogens is 260 g/mol. The third-order valence-corrected chi connectivity index (χ3v) is 5.53. The van der Waals surface area contributed by atoms with Crippen molar-refractivity contribution in [2.24, 2.45) is 0 Å². The van der Waals surface area contributed by atoms with Crippen molar-refractivity contribution in [2.75, 3.05) is 26.2 Å². The first-order chi connectivity index (χ1) is 10.3. The van der Waals surface area contributed by atoms with E-state index in [-0.39, 0.29) is 0 Å². The summed E-state index contributed by atoms with van der Waals surface area (Å²) < 4.78 is 6.16. The average molecular weight is 286 g/mol. The highest BCUT2D eigenvalue weighted by Gasteiger charge is 2.37. The number of benzene rings is 1. The van der Waals surface area contributed by atoms with Gasteiger partial charge in [0.1, 0.15) is 11.9 Å². The lowest BCUT2D eigenvalue weighted by atomic mass is 10.0. The predicted octanol–water partition coefficient (Wildman–Crippen LogP) is 2.55. The Morgan fingerprint density at radius 3 is 3.00 bits per heavy atom. The Bertz CT molecular complexity index is 479. The van der Waals surface area contributed by atoms with Crippen LogP contribution in [0.3, 0.4) is 0 Å². The minimum atomic E-state index is 0.351. The van der Waals surface area contributed by atoms with E-state index >= 15 is 0 Å². The number of rotatable bonds is 3. The number of nitrogens with zero attached hydrogens (tertiary/aromatic N) is 2. The molecule has 3 unspecified atom stereocenters. The van der Waals surface area contributed by atoms with Gasteiger partial charge in [-0.3, -0.25) is 9.80 Å². The molecule has 4 rings (SSSR count). The summed E-state index contributed by atoms with van der Waals surface area (Å²) in [4.78, 5) is 5.43. The van der Waals surface area contributed by atoms with E-state index in [1.807, 2.05) is 0 Å². The van der Waals surface area contributed by atoms with Crippen LogP contribution < -0.4 is 4.74 Å². The molecule has 3 atom stereocenters. The molecule has 114 valence electrons. The maximum atomic E-state index is 6.16. The lowest BCUT2D eigenvalue weighted by molar-refractivity contribution is 0.0257. The average Bonchev–Trinajstić information content (AvgIpc) is 3.11. The molecule has 1 aromatic carbocycles. The molecule has 3 nitrogen and oxygen atoms in total. The van der Waals surface area contributed by atoms with Crippen LogP contribution in [-0.2, 0) is 6.42 Å². The highest BCUT2D eigenvalue weighted by atomic mass is 16.5. The highest BCUT2D eigenvalue weighted by molar-refractivity contribution is 5.37. The maximum Gasteiger partial charge on any atom is 0.123 e. The van der Waals surface area contributed by atoms with Gasteiger partial charge in [-0.1, -0.05) is 25.1 Å². The zero-order chi connectivity index (χ0) is 14.2. The number of hydrogen-bond donors (Lipinski definition) is 0. The van der Waals surface area contributed by atoms with Gasteiger partial charge < -0.3 is 4.74 Å². The van der Waals surface area contributed by atoms with Crippen LogP contribution in [0.4, 0.5) is 0 Å². The topological polar surface area (TPSA) is 15.7 Å². The van der Waals surface area contributed by atoms with Gasteiger partial charge in [0.25, 0.3) is 0 Å². The zero-order valence-corrected chi connectivity index (χ0v) is 13.0. The summed E-state index contributed by atoms with van der Waals surface area (Å²) in [6, 6.07) is 10.0. The lowest BCUT2D eigenvalue weighted by Crippen LogP contribution is -2.57. The van der Waals surface area contributed by atoms with Gasteiger partial charge in [-0.25, -0.2) is 0 Å². The van der Waals surface area contributed by atoms with Gasteiger partial charge in [-0.05, 0) is 37.4 Å². The fourth-order valence-corrected chi connectivity index (χ4v) is 4.38. The van der Waals surface area contributed by atoms with Crippen molar-refractivity contribution in [3.05, 3.63) is 29.8 Å². The van der Waals surface area contributed by atoms with E-state index in [2.05, 4.69) is 41.0 Å². The molecule has 0 aliphatic carbocycles. The monoisotopic (exact) mass is 286 g/mol. The van der Waals surface area contributed by atoms with Crippen molar-refractivity contribution < 1.29 is 4.74 Å². The van der Waals surface area contributed by atoms with Gasteiger partial charge in [-0.2, -0.15) is 0 Å². The van der Waals surface area contributed by atoms with E-state index in [4.69, 9.17) is 4.74 Å². The van der Waals surface area contributed by atoms with Crippen LogP contribution in [0.5, 0.6) is 5.75 Å². The molecule has 0 aromatic heterocycles. The van der Waals surface area contributed by atoms with Crippen molar-refractivity contribution in [3.63, 3.8) is 0 Å². The van der Waals surface area contributed by atoms with Crippen molar-refractivity contribution in [1.29, 1.82) is 0 Å². The fraction of sp³-hybridized carbons (Fsp3) is 0.667. The van der Waals surface area contributed by atoms with E-state index in [0.717, 1.165) is 24.8 Å². The minimum absolute atomic E-state index is 0.351. The number of ether oxygens (including phenoxy) is 1. The molecule has 2 saturated heterocycles. The Morgan fingerprint density at radius 2 is 2.14 bits per heavy atom. The molecule has 0 N–H and O–H groups in total. The van der Waals surface area contributed by atoms with Crippen LogP contribution in [0, 0.1) is 0 Å². The van der Waals surface area contributed by atoms with Crippen molar-refractivity contribution in [2.45, 2.75) is 50.8 Å².